The summed E-state index contributed by atoms with van der Waals surface area (Å²) < 4.78 is 52.0. The van der Waals surface area contributed by atoms with Crippen molar-refractivity contribution in [3.05, 3.63) is 52.9 Å². The van der Waals surface area contributed by atoms with E-state index in [0.717, 1.165) is 17.7 Å². The summed E-state index contributed by atoms with van der Waals surface area (Å²) in [7, 11) is -3.42. The van der Waals surface area contributed by atoms with Crippen LogP contribution in [0.3, 0.4) is 0 Å². The molecule has 4 nitrogen and oxygen atoms in total. The molecule has 0 saturated heterocycles. The summed E-state index contributed by atoms with van der Waals surface area (Å²) in [5.74, 6) is -1.37. The molecule has 1 aromatic heterocycles. The normalized spacial score (nSPS) is 17.6. The van der Waals surface area contributed by atoms with Gasteiger partial charge in [-0.2, -0.15) is 5.10 Å². The number of nitrogens with zero attached hydrogens (tertiary/aromatic N) is 1. The quantitative estimate of drug-likeness (QED) is 0.919. The van der Waals surface area contributed by atoms with Gasteiger partial charge in [0.05, 0.1) is 17.2 Å². The number of rotatable bonds is 5. The number of hydrogen-bond donors (Lipinski definition) is 1. The second-order valence-corrected chi connectivity index (χ2v) is 7.86. The monoisotopic (exact) mass is 326 g/mol. The highest BCUT2D eigenvalue weighted by Crippen LogP contribution is 2.39. The topological polar surface area (TPSA) is 62.8 Å². The molecule has 0 unspecified atom stereocenters. The van der Waals surface area contributed by atoms with Crippen LogP contribution in [0.15, 0.2) is 24.5 Å². The Hall–Kier alpha value is -1.76. The summed E-state index contributed by atoms with van der Waals surface area (Å²) in [4.78, 5) is 0. The van der Waals surface area contributed by atoms with Gasteiger partial charge in [0.1, 0.15) is 11.6 Å². The molecule has 1 aliphatic rings. The predicted octanol–water partition coefficient (Wildman–Crippen LogP) is 2.72. The second kappa shape index (κ2) is 5.79. The van der Waals surface area contributed by atoms with Crippen molar-refractivity contribution in [1.82, 2.24) is 10.2 Å². The molecular formula is C15H16F2N2O2S. The van der Waals surface area contributed by atoms with Gasteiger partial charge in [-0.3, -0.25) is 5.10 Å². The van der Waals surface area contributed by atoms with Crippen molar-refractivity contribution in [2.45, 2.75) is 30.9 Å². The molecule has 0 saturated carbocycles. The third-order valence-electron chi connectivity index (χ3n) is 4.08. The predicted molar refractivity (Wildman–Crippen MR) is 78.1 cm³/mol. The minimum atomic E-state index is -3.42. The fourth-order valence-corrected chi connectivity index (χ4v) is 4.92. The minimum absolute atomic E-state index is 0.000416. The summed E-state index contributed by atoms with van der Waals surface area (Å²) in [6.07, 6.45) is 5.11. The number of hydrogen-bond acceptors (Lipinski definition) is 3. The molecule has 7 heteroatoms. The molecule has 0 bridgehead atoms. The highest BCUT2D eigenvalue weighted by atomic mass is 32.2. The molecule has 1 heterocycles. The first-order chi connectivity index (χ1) is 10.5. The van der Waals surface area contributed by atoms with Crippen LogP contribution in [-0.4, -0.2) is 24.4 Å². The van der Waals surface area contributed by atoms with Gasteiger partial charge >= 0.3 is 0 Å². The molecular weight excluding hydrogens is 310 g/mol. The Labute approximate surface area is 127 Å². The summed E-state index contributed by atoms with van der Waals surface area (Å²) >= 11 is 0. The van der Waals surface area contributed by atoms with E-state index in [2.05, 4.69) is 10.2 Å². The Kier molecular flexibility index (Phi) is 3.99. The van der Waals surface area contributed by atoms with Crippen LogP contribution in [-0.2, 0) is 22.7 Å². The van der Waals surface area contributed by atoms with Gasteiger partial charge in [-0.15, -0.1) is 0 Å². The average Bonchev–Trinajstić information content (AvgIpc) is 3.07. The highest BCUT2D eigenvalue weighted by molar-refractivity contribution is 7.91. The number of sulfone groups is 1. The van der Waals surface area contributed by atoms with E-state index in [1.54, 1.807) is 12.4 Å². The van der Waals surface area contributed by atoms with Gasteiger partial charge in [0.2, 0.25) is 0 Å². The first-order valence-corrected chi connectivity index (χ1v) is 8.86. The van der Waals surface area contributed by atoms with E-state index in [0.29, 0.717) is 36.8 Å². The zero-order valence-corrected chi connectivity index (χ0v) is 12.7. The van der Waals surface area contributed by atoms with Crippen LogP contribution in [0.1, 0.15) is 34.8 Å². The Morgan fingerprint density at radius 2 is 2.14 bits per heavy atom. The molecule has 1 N–H and O–H groups in total. The zero-order valence-electron chi connectivity index (χ0n) is 11.9. The van der Waals surface area contributed by atoms with Gasteiger partial charge in [-0.25, -0.2) is 17.2 Å². The molecule has 1 atom stereocenters. The lowest BCUT2D eigenvalue weighted by atomic mass is 10.1. The summed E-state index contributed by atoms with van der Waals surface area (Å²) in [5.41, 5.74) is 1.57. The number of halogens is 2. The van der Waals surface area contributed by atoms with Crippen LogP contribution < -0.4 is 0 Å². The standard InChI is InChI=1S/C15H16F2N2O2S/c16-11-6-13-12(14(17)7-11)3-4-15(13)22(20,21)5-1-2-10-8-18-19-9-10/h6-9,15H,1-5H2,(H,18,19)/t15-/m1/s1. The largest absolute Gasteiger partial charge is 0.285 e. The summed E-state index contributed by atoms with van der Waals surface area (Å²) in [6, 6.07) is 1.97. The van der Waals surface area contributed by atoms with E-state index < -0.39 is 26.7 Å². The fraction of sp³-hybridized carbons (Fsp3) is 0.400. The molecule has 3 rings (SSSR count). The van der Waals surface area contributed by atoms with Crippen molar-refractivity contribution in [3.8, 4) is 0 Å². The maximum Gasteiger partial charge on any atom is 0.157 e. The number of aryl methyl sites for hydroxylation is 1. The van der Waals surface area contributed by atoms with E-state index in [4.69, 9.17) is 0 Å². The van der Waals surface area contributed by atoms with Crippen LogP contribution in [0.25, 0.3) is 0 Å². The van der Waals surface area contributed by atoms with E-state index in [9.17, 15) is 17.2 Å². The van der Waals surface area contributed by atoms with Gasteiger partial charge in [0.15, 0.2) is 9.84 Å². The summed E-state index contributed by atoms with van der Waals surface area (Å²) in [6.45, 7) is 0. The third-order valence-corrected chi connectivity index (χ3v) is 6.30. The van der Waals surface area contributed by atoms with E-state index in [-0.39, 0.29) is 5.75 Å². The number of benzene rings is 1. The molecule has 0 fully saturated rings. The van der Waals surface area contributed by atoms with Crippen molar-refractivity contribution in [2.75, 3.05) is 5.75 Å². The smallest absolute Gasteiger partial charge is 0.157 e. The van der Waals surface area contributed by atoms with Crippen LogP contribution in [0.4, 0.5) is 8.78 Å². The Balaban J connectivity index is 1.74. The molecule has 0 spiro atoms. The first-order valence-electron chi connectivity index (χ1n) is 7.14. The van der Waals surface area contributed by atoms with Crippen molar-refractivity contribution in [2.24, 2.45) is 0 Å². The molecule has 22 heavy (non-hydrogen) atoms. The lowest BCUT2D eigenvalue weighted by Gasteiger charge is -2.13. The van der Waals surface area contributed by atoms with Gasteiger partial charge in [0.25, 0.3) is 0 Å². The maximum atomic E-state index is 13.7. The Bertz CT molecular complexity index is 773. The number of nitrogens with one attached hydrogen (secondary N) is 1. The van der Waals surface area contributed by atoms with Gasteiger partial charge < -0.3 is 0 Å². The van der Waals surface area contributed by atoms with Crippen molar-refractivity contribution >= 4 is 9.84 Å². The molecule has 0 amide bonds. The maximum absolute atomic E-state index is 13.7. The van der Waals surface area contributed by atoms with Gasteiger partial charge in [-0.05, 0) is 48.4 Å². The van der Waals surface area contributed by atoms with E-state index in [1.165, 1.54) is 0 Å². The first kappa shape index (κ1) is 15.1. The minimum Gasteiger partial charge on any atom is -0.285 e. The molecule has 0 aliphatic heterocycles. The molecule has 0 radical (unpaired) electrons. The number of aromatic amines is 1. The van der Waals surface area contributed by atoms with Crippen LogP contribution >= 0.6 is 0 Å². The Morgan fingerprint density at radius 1 is 1.32 bits per heavy atom. The number of H-pyrrole nitrogens is 1. The molecule has 118 valence electrons. The lowest BCUT2D eigenvalue weighted by molar-refractivity contribution is 0.573. The van der Waals surface area contributed by atoms with E-state index >= 15 is 0 Å². The third kappa shape index (κ3) is 2.90. The SMILES string of the molecule is O=S(=O)(CCCc1cn[nH]c1)[C@@H]1CCc2c(F)cc(F)cc21. The second-order valence-electron chi connectivity index (χ2n) is 5.56. The van der Waals surface area contributed by atoms with Crippen LogP contribution in [0.2, 0.25) is 0 Å². The van der Waals surface area contributed by atoms with Crippen molar-refractivity contribution in [1.29, 1.82) is 0 Å². The molecule has 1 aromatic carbocycles. The average molecular weight is 326 g/mol. The number of aromatic nitrogens is 2. The van der Waals surface area contributed by atoms with E-state index in [1.807, 2.05) is 0 Å². The zero-order chi connectivity index (χ0) is 15.7. The molecule has 1 aliphatic carbocycles. The van der Waals surface area contributed by atoms with Crippen molar-refractivity contribution < 1.29 is 17.2 Å². The van der Waals surface area contributed by atoms with Crippen LogP contribution in [0.5, 0.6) is 0 Å². The van der Waals surface area contributed by atoms with Crippen LogP contribution in [0, 0.1) is 11.6 Å². The number of fused-ring (bicyclic) bond motifs is 1. The fourth-order valence-electron chi connectivity index (χ4n) is 3.01. The lowest BCUT2D eigenvalue weighted by Crippen LogP contribution is -2.15. The van der Waals surface area contributed by atoms with Gasteiger partial charge in [-0.1, -0.05) is 0 Å². The van der Waals surface area contributed by atoms with Crippen molar-refractivity contribution in [3.63, 3.8) is 0 Å². The van der Waals surface area contributed by atoms with Gasteiger partial charge in [0, 0.05) is 12.3 Å². The highest BCUT2D eigenvalue weighted by Gasteiger charge is 2.35. The molecule has 2 aromatic rings. The summed E-state index contributed by atoms with van der Waals surface area (Å²) in [5, 5.41) is 5.69. The Morgan fingerprint density at radius 3 is 2.86 bits per heavy atom.